The molecule has 0 saturated heterocycles. The Labute approximate surface area is 93.4 Å². The molecule has 0 aliphatic rings. The highest BCUT2D eigenvalue weighted by Crippen LogP contribution is 2.26. The predicted molar refractivity (Wildman–Crippen MR) is 64.4 cm³/mol. The van der Waals surface area contributed by atoms with Gasteiger partial charge < -0.3 is 4.40 Å². The molecule has 2 aromatic heterocycles. The van der Waals surface area contributed by atoms with Crippen LogP contribution in [0.5, 0.6) is 0 Å². The van der Waals surface area contributed by atoms with Crippen molar-refractivity contribution in [3.05, 3.63) is 53.9 Å². The first-order valence-corrected chi connectivity index (χ1v) is 5.21. The van der Waals surface area contributed by atoms with Gasteiger partial charge in [-0.2, -0.15) is 5.26 Å². The summed E-state index contributed by atoms with van der Waals surface area (Å²) >= 11 is 0. The summed E-state index contributed by atoms with van der Waals surface area (Å²) in [6.45, 7) is 2.06. The number of aryl methyl sites for hydroxylation is 1. The molecule has 0 aliphatic heterocycles. The average Bonchev–Trinajstić information content (AvgIpc) is 2.62. The lowest BCUT2D eigenvalue weighted by atomic mass is 10.1. The van der Waals surface area contributed by atoms with Crippen LogP contribution in [0, 0.1) is 18.3 Å². The van der Waals surface area contributed by atoms with Crippen molar-refractivity contribution >= 4 is 16.3 Å². The van der Waals surface area contributed by atoms with Crippen LogP contribution in [0.25, 0.3) is 16.3 Å². The van der Waals surface area contributed by atoms with Gasteiger partial charge in [-0.05, 0) is 24.6 Å². The van der Waals surface area contributed by atoms with Crippen LogP contribution >= 0.6 is 0 Å². The van der Waals surface area contributed by atoms with Gasteiger partial charge in [-0.1, -0.05) is 24.3 Å². The van der Waals surface area contributed by atoms with Crippen LogP contribution < -0.4 is 0 Å². The van der Waals surface area contributed by atoms with Gasteiger partial charge in [-0.25, -0.2) is 0 Å². The Morgan fingerprint density at radius 2 is 1.88 bits per heavy atom. The smallest absolute Gasteiger partial charge is 0.132 e. The highest BCUT2D eigenvalue weighted by atomic mass is 14.9. The van der Waals surface area contributed by atoms with E-state index in [1.54, 1.807) is 0 Å². The van der Waals surface area contributed by atoms with E-state index in [1.807, 2.05) is 34.9 Å². The van der Waals surface area contributed by atoms with Crippen LogP contribution in [0.3, 0.4) is 0 Å². The highest BCUT2D eigenvalue weighted by molar-refractivity contribution is 6.01. The minimum absolute atomic E-state index is 0.714. The Morgan fingerprint density at radius 3 is 2.62 bits per heavy atom. The van der Waals surface area contributed by atoms with Crippen LogP contribution in [0.4, 0.5) is 0 Å². The molecule has 0 N–H and O–H groups in total. The predicted octanol–water partition coefficient (Wildman–Crippen LogP) is 3.27. The molecule has 0 bridgehead atoms. The van der Waals surface area contributed by atoms with Crippen molar-refractivity contribution in [2.24, 2.45) is 0 Å². The second kappa shape index (κ2) is 3.11. The number of fused-ring (bicyclic) bond motifs is 3. The van der Waals surface area contributed by atoms with Gasteiger partial charge in [0.1, 0.15) is 11.8 Å². The first-order chi connectivity index (χ1) is 7.81. The van der Waals surface area contributed by atoms with Gasteiger partial charge >= 0.3 is 0 Å². The normalized spacial score (nSPS) is 10.8. The third-order valence-corrected chi connectivity index (χ3v) is 2.92. The van der Waals surface area contributed by atoms with Crippen molar-refractivity contribution in [1.82, 2.24) is 4.40 Å². The standard InChI is InChI=1S/C14H10N2/c1-10-6-7-16-13(8-10)11-4-2-3-5-12(11)14(16)9-15/h2-8H,1H3. The Bertz CT molecular complexity index is 729. The number of pyridine rings is 1. The molecule has 2 heterocycles. The van der Waals surface area contributed by atoms with E-state index in [9.17, 15) is 5.26 Å². The molecular weight excluding hydrogens is 196 g/mol. The maximum Gasteiger partial charge on any atom is 0.132 e. The number of hydrogen-bond donors (Lipinski definition) is 0. The fourth-order valence-corrected chi connectivity index (χ4v) is 2.17. The van der Waals surface area contributed by atoms with Gasteiger partial charge in [0.2, 0.25) is 0 Å². The van der Waals surface area contributed by atoms with Gasteiger partial charge in [0.25, 0.3) is 0 Å². The van der Waals surface area contributed by atoms with Crippen LogP contribution in [0.15, 0.2) is 42.6 Å². The molecule has 16 heavy (non-hydrogen) atoms. The van der Waals surface area contributed by atoms with E-state index in [4.69, 9.17) is 0 Å². The van der Waals surface area contributed by atoms with E-state index in [-0.39, 0.29) is 0 Å². The second-order valence-corrected chi connectivity index (χ2v) is 3.97. The summed E-state index contributed by atoms with van der Waals surface area (Å²) in [4.78, 5) is 0. The minimum Gasteiger partial charge on any atom is -0.307 e. The molecule has 0 spiro atoms. The third-order valence-electron chi connectivity index (χ3n) is 2.92. The molecule has 2 heteroatoms. The summed E-state index contributed by atoms with van der Waals surface area (Å²) < 4.78 is 1.96. The molecule has 3 rings (SSSR count). The summed E-state index contributed by atoms with van der Waals surface area (Å²) in [6, 6.07) is 14.4. The summed E-state index contributed by atoms with van der Waals surface area (Å²) in [7, 11) is 0. The van der Waals surface area contributed by atoms with Gasteiger partial charge in [0, 0.05) is 17.0 Å². The lowest BCUT2D eigenvalue weighted by Gasteiger charge is -1.97. The van der Waals surface area contributed by atoms with E-state index < -0.39 is 0 Å². The molecule has 0 amide bonds. The fourth-order valence-electron chi connectivity index (χ4n) is 2.17. The maximum atomic E-state index is 9.22. The van der Waals surface area contributed by atoms with Crippen molar-refractivity contribution in [2.75, 3.05) is 0 Å². The van der Waals surface area contributed by atoms with Gasteiger partial charge in [-0.15, -0.1) is 0 Å². The largest absolute Gasteiger partial charge is 0.307 e. The first kappa shape index (κ1) is 8.99. The maximum absolute atomic E-state index is 9.22. The van der Waals surface area contributed by atoms with E-state index in [2.05, 4.69) is 25.1 Å². The van der Waals surface area contributed by atoms with Crippen molar-refractivity contribution in [3.8, 4) is 6.07 Å². The monoisotopic (exact) mass is 206 g/mol. The first-order valence-electron chi connectivity index (χ1n) is 5.21. The Morgan fingerprint density at radius 1 is 1.12 bits per heavy atom. The second-order valence-electron chi connectivity index (χ2n) is 3.97. The van der Waals surface area contributed by atoms with Crippen LogP contribution in [-0.2, 0) is 0 Å². The zero-order valence-electron chi connectivity index (χ0n) is 8.94. The summed E-state index contributed by atoms with van der Waals surface area (Å²) in [5.41, 5.74) is 3.03. The highest BCUT2D eigenvalue weighted by Gasteiger charge is 2.09. The quantitative estimate of drug-likeness (QED) is 0.554. The number of nitriles is 1. The molecule has 0 radical (unpaired) electrons. The van der Waals surface area contributed by atoms with Crippen LogP contribution in [-0.4, -0.2) is 4.40 Å². The number of benzene rings is 1. The van der Waals surface area contributed by atoms with Crippen molar-refractivity contribution < 1.29 is 0 Å². The molecule has 0 fully saturated rings. The van der Waals surface area contributed by atoms with E-state index in [1.165, 1.54) is 5.56 Å². The number of aromatic nitrogens is 1. The van der Waals surface area contributed by atoms with Crippen LogP contribution in [0.2, 0.25) is 0 Å². The lowest BCUT2D eigenvalue weighted by Crippen LogP contribution is -1.87. The zero-order chi connectivity index (χ0) is 11.1. The Hall–Kier alpha value is -2.27. The van der Waals surface area contributed by atoms with Gasteiger partial charge in [0.15, 0.2) is 0 Å². The molecule has 1 aromatic carbocycles. The average molecular weight is 206 g/mol. The number of rotatable bonds is 0. The van der Waals surface area contributed by atoms with Crippen molar-refractivity contribution in [2.45, 2.75) is 6.92 Å². The molecule has 3 aromatic rings. The van der Waals surface area contributed by atoms with Crippen molar-refractivity contribution in [3.63, 3.8) is 0 Å². The zero-order valence-corrected chi connectivity index (χ0v) is 8.94. The van der Waals surface area contributed by atoms with Gasteiger partial charge in [0.05, 0.1) is 5.52 Å². The topological polar surface area (TPSA) is 28.2 Å². The lowest BCUT2D eigenvalue weighted by molar-refractivity contribution is 1.16. The van der Waals surface area contributed by atoms with Gasteiger partial charge in [-0.3, -0.25) is 0 Å². The third kappa shape index (κ3) is 1.06. The van der Waals surface area contributed by atoms with E-state index in [0.717, 1.165) is 16.3 Å². The molecule has 0 saturated carbocycles. The fraction of sp³-hybridized carbons (Fsp3) is 0.0714. The SMILES string of the molecule is Cc1ccn2c(C#N)c3ccccc3c2c1. The Kier molecular flexibility index (Phi) is 1.75. The Balaban J connectivity index is 2.65. The van der Waals surface area contributed by atoms with E-state index >= 15 is 0 Å². The van der Waals surface area contributed by atoms with Crippen LogP contribution in [0.1, 0.15) is 11.3 Å². The number of nitrogens with zero attached hydrogens (tertiary/aromatic N) is 2. The molecule has 0 atom stereocenters. The molecule has 0 unspecified atom stereocenters. The van der Waals surface area contributed by atoms with Crippen molar-refractivity contribution in [1.29, 1.82) is 5.26 Å². The summed E-state index contributed by atoms with van der Waals surface area (Å²) in [6.07, 6.45) is 1.96. The van der Waals surface area contributed by atoms with E-state index in [0.29, 0.717) is 5.69 Å². The molecular formula is C14H10N2. The molecule has 0 aliphatic carbocycles. The summed E-state index contributed by atoms with van der Waals surface area (Å²) in [5, 5.41) is 11.4. The molecule has 76 valence electrons. The molecule has 2 nitrogen and oxygen atoms in total. The summed E-state index contributed by atoms with van der Waals surface area (Å²) in [5.74, 6) is 0. The minimum atomic E-state index is 0.714. The number of hydrogen-bond acceptors (Lipinski definition) is 1.